The predicted octanol–water partition coefficient (Wildman–Crippen LogP) is 4.01. The third kappa shape index (κ3) is 5.47. The van der Waals surface area contributed by atoms with Gasteiger partial charge in [-0.1, -0.05) is 38.3 Å². The number of nitrogens with zero attached hydrogens (tertiary/aromatic N) is 1. The van der Waals surface area contributed by atoms with Crippen LogP contribution in [0, 0.1) is 11.8 Å². The fourth-order valence-electron chi connectivity index (χ4n) is 3.59. The van der Waals surface area contributed by atoms with Gasteiger partial charge in [0.05, 0.1) is 10.9 Å². The van der Waals surface area contributed by atoms with E-state index in [9.17, 15) is 13.2 Å². The van der Waals surface area contributed by atoms with Gasteiger partial charge in [0, 0.05) is 19.8 Å². The zero-order valence-electron chi connectivity index (χ0n) is 16.4. The summed E-state index contributed by atoms with van der Waals surface area (Å²) in [5, 5.41) is 3.06. The molecule has 1 aliphatic rings. The second-order valence-electron chi connectivity index (χ2n) is 7.61. The lowest BCUT2D eigenvalue weighted by Crippen LogP contribution is -2.41. The standard InChI is InChI=1S/C20H32N2O3S/c1-5-16-6-8-17(9-7-16)14-21-20(23)22(3)15(2)18-10-12-19(13-11-18)26(4,24)25/h10-13,15-17H,5-9,14H2,1-4H3,(H,21,23). The first-order chi connectivity index (χ1) is 12.2. The molecule has 5 nitrogen and oxygen atoms in total. The van der Waals surface area contributed by atoms with Crippen LogP contribution in [0.4, 0.5) is 4.79 Å². The highest BCUT2D eigenvalue weighted by Gasteiger charge is 2.22. The third-order valence-electron chi connectivity index (χ3n) is 5.78. The van der Waals surface area contributed by atoms with Gasteiger partial charge in [-0.25, -0.2) is 13.2 Å². The zero-order chi connectivity index (χ0) is 19.3. The van der Waals surface area contributed by atoms with Crippen molar-refractivity contribution in [2.45, 2.75) is 56.9 Å². The summed E-state index contributed by atoms with van der Waals surface area (Å²) in [7, 11) is -1.43. The van der Waals surface area contributed by atoms with E-state index in [2.05, 4.69) is 12.2 Å². The molecule has 0 radical (unpaired) electrons. The van der Waals surface area contributed by atoms with E-state index < -0.39 is 9.84 Å². The van der Waals surface area contributed by atoms with E-state index in [0.717, 1.165) is 18.0 Å². The van der Waals surface area contributed by atoms with Crippen molar-refractivity contribution in [2.75, 3.05) is 19.8 Å². The van der Waals surface area contributed by atoms with Gasteiger partial charge in [-0.15, -0.1) is 0 Å². The summed E-state index contributed by atoms with van der Waals surface area (Å²) in [6, 6.07) is 6.54. The summed E-state index contributed by atoms with van der Waals surface area (Å²) < 4.78 is 23.1. The Morgan fingerprint density at radius 1 is 1.15 bits per heavy atom. The monoisotopic (exact) mass is 380 g/mol. The van der Waals surface area contributed by atoms with Gasteiger partial charge in [-0.05, 0) is 49.3 Å². The van der Waals surface area contributed by atoms with E-state index in [4.69, 9.17) is 0 Å². The molecule has 1 N–H and O–H groups in total. The molecule has 1 aromatic rings. The average molecular weight is 381 g/mol. The van der Waals surface area contributed by atoms with Crippen LogP contribution in [0.3, 0.4) is 0 Å². The molecule has 2 amide bonds. The van der Waals surface area contributed by atoms with Crippen molar-refractivity contribution in [1.29, 1.82) is 0 Å². The third-order valence-corrected chi connectivity index (χ3v) is 6.91. The van der Waals surface area contributed by atoms with Gasteiger partial charge in [0.1, 0.15) is 0 Å². The van der Waals surface area contributed by atoms with Gasteiger partial charge in [-0.3, -0.25) is 0 Å². The molecule has 1 fully saturated rings. The molecular weight excluding hydrogens is 348 g/mol. The molecule has 0 heterocycles. The van der Waals surface area contributed by atoms with Gasteiger partial charge in [0.25, 0.3) is 0 Å². The van der Waals surface area contributed by atoms with Gasteiger partial charge in [0.15, 0.2) is 9.84 Å². The van der Waals surface area contributed by atoms with E-state index in [1.165, 1.54) is 38.4 Å². The molecule has 146 valence electrons. The van der Waals surface area contributed by atoms with Crippen molar-refractivity contribution in [1.82, 2.24) is 10.2 Å². The Morgan fingerprint density at radius 3 is 2.19 bits per heavy atom. The van der Waals surface area contributed by atoms with Crippen LogP contribution >= 0.6 is 0 Å². The maximum Gasteiger partial charge on any atom is 0.317 e. The van der Waals surface area contributed by atoms with Crippen LogP contribution in [-0.4, -0.2) is 39.2 Å². The minimum atomic E-state index is -3.20. The Hall–Kier alpha value is -1.56. The van der Waals surface area contributed by atoms with Crippen LogP contribution < -0.4 is 5.32 Å². The summed E-state index contributed by atoms with van der Waals surface area (Å²) >= 11 is 0. The number of hydrogen-bond acceptors (Lipinski definition) is 3. The van der Waals surface area contributed by atoms with E-state index in [0.29, 0.717) is 10.8 Å². The van der Waals surface area contributed by atoms with Crippen LogP contribution in [0.5, 0.6) is 0 Å². The van der Waals surface area contributed by atoms with Gasteiger partial charge in [-0.2, -0.15) is 0 Å². The number of amides is 2. The van der Waals surface area contributed by atoms with E-state index in [1.807, 2.05) is 6.92 Å². The highest BCUT2D eigenvalue weighted by atomic mass is 32.2. The fourth-order valence-corrected chi connectivity index (χ4v) is 4.22. The summed E-state index contributed by atoms with van der Waals surface area (Å²) in [4.78, 5) is 14.4. The number of nitrogens with one attached hydrogen (secondary N) is 1. The largest absolute Gasteiger partial charge is 0.338 e. The maximum atomic E-state index is 12.5. The van der Waals surface area contributed by atoms with Crippen molar-refractivity contribution in [2.24, 2.45) is 11.8 Å². The van der Waals surface area contributed by atoms with E-state index in [-0.39, 0.29) is 12.1 Å². The smallest absolute Gasteiger partial charge is 0.317 e. The first-order valence-electron chi connectivity index (χ1n) is 9.53. The zero-order valence-corrected chi connectivity index (χ0v) is 17.2. The highest BCUT2D eigenvalue weighted by molar-refractivity contribution is 7.90. The minimum absolute atomic E-state index is 0.0812. The fraction of sp³-hybridized carbons (Fsp3) is 0.650. The summed E-state index contributed by atoms with van der Waals surface area (Å²) in [5.41, 5.74) is 0.915. The maximum absolute atomic E-state index is 12.5. The normalized spacial score (nSPS) is 21.8. The SMILES string of the molecule is CCC1CCC(CNC(=O)N(C)C(C)c2ccc(S(C)(=O)=O)cc2)CC1. The van der Waals surface area contributed by atoms with Gasteiger partial charge >= 0.3 is 6.03 Å². The van der Waals surface area contributed by atoms with Crippen LogP contribution in [0.2, 0.25) is 0 Å². The first kappa shape index (κ1) is 20.7. The lowest BCUT2D eigenvalue weighted by Gasteiger charge is -2.30. The van der Waals surface area contributed by atoms with Crippen LogP contribution in [0.15, 0.2) is 29.2 Å². The number of carbonyl (C=O) groups excluding carboxylic acids is 1. The molecule has 1 aromatic carbocycles. The summed E-state index contributed by atoms with van der Waals surface area (Å²) in [5.74, 6) is 1.44. The van der Waals surface area contributed by atoms with Crippen molar-refractivity contribution in [3.63, 3.8) is 0 Å². The van der Waals surface area contributed by atoms with E-state index in [1.54, 1.807) is 36.2 Å². The number of hydrogen-bond donors (Lipinski definition) is 1. The Labute approximate surface area is 158 Å². The van der Waals surface area contributed by atoms with Crippen molar-refractivity contribution in [3.05, 3.63) is 29.8 Å². The second-order valence-corrected chi connectivity index (χ2v) is 9.62. The number of urea groups is 1. The molecule has 1 saturated carbocycles. The molecule has 0 aliphatic heterocycles. The molecule has 6 heteroatoms. The Kier molecular flexibility index (Phi) is 7.09. The molecule has 0 bridgehead atoms. The lowest BCUT2D eigenvalue weighted by atomic mass is 9.81. The first-order valence-corrected chi connectivity index (χ1v) is 11.4. The lowest BCUT2D eigenvalue weighted by molar-refractivity contribution is 0.188. The van der Waals surface area contributed by atoms with Crippen LogP contribution in [0.1, 0.15) is 57.6 Å². The van der Waals surface area contributed by atoms with Crippen molar-refractivity contribution in [3.8, 4) is 0 Å². The molecule has 1 atom stereocenters. The molecular formula is C20H32N2O3S. The molecule has 0 saturated heterocycles. The Bertz CT molecular complexity index is 692. The molecule has 1 aliphatic carbocycles. The number of benzene rings is 1. The van der Waals surface area contributed by atoms with Crippen molar-refractivity contribution >= 4 is 15.9 Å². The van der Waals surface area contributed by atoms with Crippen molar-refractivity contribution < 1.29 is 13.2 Å². The molecule has 26 heavy (non-hydrogen) atoms. The van der Waals surface area contributed by atoms with Crippen LogP contribution in [-0.2, 0) is 9.84 Å². The minimum Gasteiger partial charge on any atom is -0.338 e. The van der Waals surface area contributed by atoms with Crippen LogP contribution in [0.25, 0.3) is 0 Å². The molecule has 1 unspecified atom stereocenters. The Balaban J connectivity index is 1.87. The topological polar surface area (TPSA) is 66.5 Å². The quantitative estimate of drug-likeness (QED) is 0.811. The predicted molar refractivity (Wildman–Crippen MR) is 105 cm³/mol. The molecule has 0 aromatic heterocycles. The number of sulfone groups is 1. The molecule has 2 rings (SSSR count). The van der Waals surface area contributed by atoms with E-state index >= 15 is 0 Å². The van der Waals surface area contributed by atoms with Gasteiger partial charge < -0.3 is 10.2 Å². The van der Waals surface area contributed by atoms with Gasteiger partial charge in [0.2, 0.25) is 0 Å². The highest BCUT2D eigenvalue weighted by Crippen LogP contribution is 2.30. The molecule has 0 spiro atoms. The second kappa shape index (κ2) is 8.89. The summed E-state index contributed by atoms with van der Waals surface area (Å²) in [6.45, 7) is 4.94. The Morgan fingerprint density at radius 2 is 1.69 bits per heavy atom. The number of carbonyl (C=O) groups is 1. The average Bonchev–Trinajstić information content (AvgIpc) is 2.64. The number of rotatable bonds is 6. The summed E-state index contributed by atoms with van der Waals surface area (Å²) in [6.07, 6.45) is 7.40.